The van der Waals surface area contributed by atoms with Crippen molar-refractivity contribution in [2.45, 2.75) is 31.6 Å². The van der Waals surface area contributed by atoms with E-state index < -0.39 is 22.0 Å². The Bertz CT molecular complexity index is 556. The molecular formula is C13H19NO5S. The number of carboxylic acid groups (broad SMARTS) is 1. The summed E-state index contributed by atoms with van der Waals surface area (Å²) >= 11 is 0. The molecule has 0 heterocycles. The zero-order valence-corrected chi connectivity index (χ0v) is 12.3. The van der Waals surface area contributed by atoms with Crippen LogP contribution in [0.1, 0.15) is 25.3 Å². The van der Waals surface area contributed by atoms with Gasteiger partial charge in [-0.1, -0.05) is 25.5 Å². The van der Waals surface area contributed by atoms with Crippen LogP contribution in [0.15, 0.2) is 24.3 Å². The minimum absolute atomic E-state index is 0.257. The molecule has 0 amide bonds. The van der Waals surface area contributed by atoms with Crippen LogP contribution < -0.4 is 9.46 Å². The molecule has 0 aliphatic carbocycles. The molecule has 2 N–H and O–H groups in total. The highest BCUT2D eigenvalue weighted by Gasteiger charge is 2.23. The summed E-state index contributed by atoms with van der Waals surface area (Å²) in [5, 5.41) is 8.97. The first-order chi connectivity index (χ1) is 9.38. The van der Waals surface area contributed by atoms with Crippen LogP contribution in [0.3, 0.4) is 0 Å². The lowest BCUT2D eigenvalue weighted by Gasteiger charge is -2.14. The van der Waals surface area contributed by atoms with Crippen LogP contribution in [0.5, 0.6) is 5.75 Å². The number of carboxylic acids is 1. The summed E-state index contributed by atoms with van der Waals surface area (Å²) in [6, 6.07) is 5.56. The third-order valence-corrected chi connectivity index (χ3v) is 4.05. The number of benzene rings is 1. The van der Waals surface area contributed by atoms with Gasteiger partial charge in [0.2, 0.25) is 10.0 Å². The van der Waals surface area contributed by atoms with E-state index in [0.717, 1.165) is 0 Å². The lowest BCUT2D eigenvalue weighted by molar-refractivity contribution is -0.139. The smallest absolute Gasteiger partial charge is 0.321 e. The highest BCUT2D eigenvalue weighted by molar-refractivity contribution is 7.88. The van der Waals surface area contributed by atoms with E-state index in [4.69, 9.17) is 9.84 Å². The van der Waals surface area contributed by atoms with Crippen molar-refractivity contribution in [3.05, 3.63) is 29.8 Å². The van der Waals surface area contributed by atoms with Gasteiger partial charge in [-0.25, -0.2) is 13.1 Å². The molecule has 0 radical (unpaired) electrons. The van der Waals surface area contributed by atoms with Gasteiger partial charge in [0.05, 0.1) is 12.9 Å². The van der Waals surface area contributed by atoms with Crippen LogP contribution in [-0.2, 0) is 20.6 Å². The van der Waals surface area contributed by atoms with Gasteiger partial charge in [0.15, 0.2) is 0 Å². The maximum absolute atomic E-state index is 12.0. The number of sulfonamides is 1. The topological polar surface area (TPSA) is 92.7 Å². The monoisotopic (exact) mass is 301 g/mol. The van der Waals surface area contributed by atoms with Crippen molar-refractivity contribution in [2.24, 2.45) is 0 Å². The summed E-state index contributed by atoms with van der Waals surface area (Å²) in [6.45, 7) is 1.80. The van der Waals surface area contributed by atoms with Crippen molar-refractivity contribution in [1.82, 2.24) is 4.72 Å². The lowest BCUT2D eigenvalue weighted by Crippen LogP contribution is -2.41. The molecule has 0 fully saturated rings. The summed E-state index contributed by atoms with van der Waals surface area (Å²) in [5.41, 5.74) is 0.539. The van der Waals surface area contributed by atoms with E-state index in [2.05, 4.69) is 4.72 Å². The SMILES string of the molecule is CCCC(NS(=O)(=O)Cc1cccc(OC)c1)C(=O)O. The maximum atomic E-state index is 12.0. The van der Waals surface area contributed by atoms with Gasteiger partial charge in [-0.05, 0) is 24.1 Å². The molecule has 1 aromatic rings. The number of hydrogen-bond donors (Lipinski definition) is 2. The third kappa shape index (κ3) is 5.18. The Labute approximate surface area is 118 Å². The van der Waals surface area contributed by atoms with Gasteiger partial charge < -0.3 is 9.84 Å². The second-order valence-electron chi connectivity index (χ2n) is 4.41. The summed E-state index contributed by atoms with van der Waals surface area (Å²) in [5.74, 6) is -0.889. The fourth-order valence-electron chi connectivity index (χ4n) is 1.76. The largest absolute Gasteiger partial charge is 0.497 e. The van der Waals surface area contributed by atoms with Crippen LogP contribution in [0.2, 0.25) is 0 Å². The zero-order chi connectivity index (χ0) is 15.2. The van der Waals surface area contributed by atoms with E-state index in [1.165, 1.54) is 7.11 Å². The number of ether oxygens (including phenoxy) is 1. The molecule has 20 heavy (non-hydrogen) atoms. The molecule has 1 atom stereocenters. The van der Waals surface area contributed by atoms with Crippen molar-refractivity contribution in [1.29, 1.82) is 0 Å². The molecule has 0 aromatic heterocycles. The molecule has 7 heteroatoms. The van der Waals surface area contributed by atoms with Crippen molar-refractivity contribution in [3.63, 3.8) is 0 Å². The van der Waals surface area contributed by atoms with E-state index in [1.807, 2.05) is 0 Å². The number of carbonyl (C=O) groups is 1. The Morgan fingerprint density at radius 2 is 2.15 bits per heavy atom. The average molecular weight is 301 g/mol. The quantitative estimate of drug-likeness (QED) is 0.756. The molecule has 1 aromatic carbocycles. The van der Waals surface area contributed by atoms with E-state index in [0.29, 0.717) is 17.7 Å². The Hall–Kier alpha value is -1.60. The Morgan fingerprint density at radius 3 is 2.70 bits per heavy atom. The second-order valence-corrected chi connectivity index (χ2v) is 6.16. The highest BCUT2D eigenvalue weighted by atomic mass is 32.2. The van der Waals surface area contributed by atoms with Crippen molar-refractivity contribution in [2.75, 3.05) is 7.11 Å². The van der Waals surface area contributed by atoms with Crippen molar-refractivity contribution >= 4 is 16.0 Å². The van der Waals surface area contributed by atoms with Crippen LogP contribution >= 0.6 is 0 Å². The second kappa shape index (κ2) is 7.25. The standard InChI is InChI=1S/C13H19NO5S/c1-3-5-12(13(15)16)14-20(17,18)9-10-6-4-7-11(8-10)19-2/h4,6-8,12,14H,3,5,9H2,1-2H3,(H,15,16). The molecule has 1 unspecified atom stereocenters. The molecule has 0 spiro atoms. The maximum Gasteiger partial charge on any atom is 0.321 e. The number of hydrogen-bond acceptors (Lipinski definition) is 4. The van der Waals surface area contributed by atoms with Gasteiger partial charge in [0, 0.05) is 0 Å². The Morgan fingerprint density at radius 1 is 1.45 bits per heavy atom. The molecule has 0 aliphatic rings. The fraction of sp³-hybridized carbons (Fsp3) is 0.462. The summed E-state index contributed by atoms with van der Waals surface area (Å²) in [7, 11) is -2.22. The van der Waals surface area contributed by atoms with Gasteiger partial charge >= 0.3 is 5.97 Å². The highest BCUT2D eigenvalue weighted by Crippen LogP contribution is 2.15. The molecular weight excluding hydrogens is 282 g/mol. The predicted molar refractivity (Wildman–Crippen MR) is 75.1 cm³/mol. The van der Waals surface area contributed by atoms with E-state index >= 15 is 0 Å². The first-order valence-electron chi connectivity index (χ1n) is 6.23. The predicted octanol–water partition coefficient (Wildman–Crippen LogP) is 1.37. The van der Waals surface area contributed by atoms with Crippen LogP contribution in [0.25, 0.3) is 0 Å². The molecule has 0 saturated carbocycles. The molecule has 0 aliphatic heterocycles. The number of methoxy groups -OCH3 is 1. The van der Waals surface area contributed by atoms with Gasteiger partial charge in [0.1, 0.15) is 11.8 Å². The Kier molecular flexibility index (Phi) is 5.97. The van der Waals surface area contributed by atoms with E-state index in [9.17, 15) is 13.2 Å². The van der Waals surface area contributed by atoms with Crippen LogP contribution in [0.4, 0.5) is 0 Å². The van der Waals surface area contributed by atoms with Crippen molar-refractivity contribution < 1.29 is 23.1 Å². The number of aliphatic carboxylic acids is 1. The van der Waals surface area contributed by atoms with Crippen LogP contribution in [-0.4, -0.2) is 32.6 Å². The number of nitrogens with one attached hydrogen (secondary N) is 1. The van der Waals surface area contributed by atoms with E-state index in [-0.39, 0.29) is 12.2 Å². The minimum Gasteiger partial charge on any atom is -0.497 e. The van der Waals surface area contributed by atoms with E-state index in [1.54, 1.807) is 31.2 Å². The molecule has 112 valence electrons. The third-order valence-electron chi connectivity index (χ3n) is 2.69. The summed E-state index contributed by atoms with van der Waals surface area (Å²) in [4.78, 5) is 11.0. The van der Waals surface area contributed by atoms with Crippen molar-refractivity contribution in [3.8, 4) is 5.75 Å². The van der Waals surface area contributed by atoms with Gasteiger partial charge in [-0.3, -0.25) is 4.79 Å². The zero-order valence-electron chi connectivity index (χ0n) is 11.5. The average Bonchev–Trinajstić information content (AvgIpc) is 2.37. The first-order valence-corrected chi connectivity index (χ1v) is 7.89. The molecule has 6 nitrogen and oxygen atoms in total. The van der Waals surface area contributed by atoms with Crippen LogP contribution in [0, 0.1) is 0 Å². The Balaban J connectivity index is 2.80. The normalized spacial score (nSPS) is 12.9. The number of rotatable bonds is 8. The first kappa shape index (κ1) is 16.5. The van der Waals surface area contributed by atoms with Gasteiger partial charge in [0.25, 0.3) is 0 Å². The minimum atomic E-state index is -3.71. The lowest BCUT2D eigenvalue weighted by atomic mass is 10.2. The molecule has 1 rings (SSSR count). The van der Waals surface area contributed by atoms with Gasteiger partial charge in [-0.15, -0.1) is 0 Å². The summed E-state index contributed by atoms with van der Waals surface area (Å²) in [6.07, 6.45) is 0.839. The fourth-order valence-corrected chi connectivity index (χ4v) is 3.12. The molecule has 0 bridgehead atoms. The molecule has 0 saturated heterocycles. The van der Waals surface area contributed by atoms with Gasteiger partial charge in [-0.2, -0.15) is 0 Å². The summed E-state index contributed by atoms with van der Waals surface area (Å²) < 4.78 is 31.2.